The van der Waals surface area contributed by atoms with Crippen LogP contribution in [0, 0.1) is 18.3 Å². The number of nitrogens with zero attached hydrogens (tertiary/aromatic N) is 1. The van der Waals surface area contributed by atoms with E-state index >= 15 is 0 Å². The van der Waals surface area contributed by atoms with Crippen LogP contribution in [0.1, 0.15) is 31.4 Å². The summed E-state index contributed by atoms with van der Waals surface area (Å²) in [7, 11) is 0. The van der Waals surface area contributed by atoms with E-state index in [0.29, 0.717) is 18.8 Å². The molecule has 1 fully saturated rings. The van der Waals surface area contributed by atoms with Crippen molar-refractivity contribution in [3.8, 4) is 23.8 Å². The van der Waals surface area contributed by atoms with Gasteiger partial charge in [0.05, 0.1) is 0 Å². The quantitative estimate of drug-likeness (QED) is 0.760. The molecule has 0 radical (unpaired) electrons. The number of benzene rings is 1. The van der Waals surface area contributed by atoms with Crippen LogP contribution >= 0.6 is 0 Å². The summed E-state index contributed by atoms with van der Waals surface area (Å²) in [6.45, 7) is 4.67. The average molecular weight is 257 g/mol. The number of terminal acetylenes is 1. The number of fused-ring (bicyclic) bond motifs is 1. The highest BCUT2D eigenvalue weighted by Gasteiger charge is 2.24. The number of hydrogen-bond acceptors (Lipinski definition) is 3. The van der Waals surface area contributed by atoms with Crippen LogP contribution in [0.4, 0.5) is 0 Å². The Balaban J connectivity index is 1.76. The second kappa shape index (κ2) is 5.14. The predicted molar refractivity (Wildman–Crippen MR) is 74.1 cm³/mol. The molecule has 3 heteroatoms. The second-order valence-electron chi connectivity index (χ2n) is 5.29. The number of likely N-dealkylation sites (tertiary alicyclic amines) is 1. The van der Waals surface area contributed by atoms with Gasteiger partial charge in [-0.2, -0.15) is 0 Å². The molecule has 0 saturated carbocycles. The summed E-state index contributed by atoms with van der Waals surface area (Å²) in [4.78, 5) is 2.46. The minimum absolute atomic E-state index is 0.329. The first-order valence-corrected chi connectivity index (χ1v) is 6.87. The molecule has 2 aliphatic heterocycles. The summed E-state index contributed by atoms with van der Waals surface area (Å²) in [5.74, 6) is 4.99. The summed E-state index contributed by atoms with van der Waals surface area (Å²) in [6, 6.07) is 6.58. The third kappa shape index (κ3) is 2.41. The normalized spacial score (nSPS) is 23.9. The molecule has 100 valence electrons. The van der Waals surface area contributed by atoms with Crippen molar-refractivity contribution in [1.29, 1.82) is 0 Å². The van der Waals surface area contributed by atoms with E-state index in [-0.39, 0.29) is 0 Å². The van der Waals surface area contributed by atoms with Crippen LogP contribution in [0.15, 0.2) is 18.2 Å². The fraction of sp³-hybridized carbons (Fsp3) is 0.500. The monoisotopic (exact) mass is 257 g/mol. The lowest BCUT2D eigenvalue weighted by Crippen LogP contribution is -2.36. The molecule has 1 saturated heterocycles. The molecule has 1 aromatic rings. The summed E-state index contributed by atoms with van der Waals surface area (Å²) >= 11 is 0. The Labute approximate surface area is 114 Å². The molecule has 0 N–H and O–H groups in total. The topological polar surface area (TPSA) is 21.7 Å². The first-order chi connectivity index (χ1) is 9.28. The van der Waals surface area contributed by atoms with E-state index in [1.807, 2.05) is 6.07 Å². The fourth-order valence-electron chi connectivity index (χ4n) is 2.88. The fourth-order valence-corrected chi connectivity index (χ4v) is 2.88. The second-order valence-corrected chi connectivity index (χ2v) is 5.29. The molecule has 3 nitrogen and oxygen atoms in total. The lowest BCUT2D eigenvalue weighted by Gasteiger charge is -2.35. The van der Waals surface area contributed by atoms with Gasteiger partial charge >= 0.3 is 0 Å². The number of piperidine rings is 1. The SMILES string of the molecule is C#CC1CCCN(C(C)c2ccc3c(c2)OCO3)C1. The van der Waals surface area contributed by atoms with E-state index in [9.17, 15) is 0 Å². The van der Waals surface area contributed by atoms with Crippen LogP contribution in [-0.4, -0.2) is 24.8 Å². The zero-order valence-corrected chi connectivity index (χ0v) is 11.3. The maximum absolute atomic E-state index is 5.56. The van der Waals surface area contributed by atoms with Crippen LogP contribution < -0.4 is 9.47 Å². The van der Waals surface area contributed by atoms with Gasteiger partial charge in [-0.05, 0) is 44.0 Å². The van der Waals surface area contributed by atoms with Gasteiger partial charge in [-0.15, -0.1) is 12.3 Å². The standard InChI is InChI=1S/C16H19NO2/c1-3-13-5-4-8-17(10-13)12(2)14-6-7-15-16(9-14)19-11-18-15/h1,6-7,9,12-13H,4-5,8,10-11H2,2H3. The molecule has 1 aromatic carbocycles. The van der Waals surface area contributed by atoms with E-state index in [2.05, 4.69) is 29.9 Å². The van der Waals surface area contributed by atoms with Gasteiger partial charge < -0.3 is 9.47 Å². The van der Waals surface area contributed by atoms with Crippen molar-refractivity contribution < 1.29 is 9.47 Å². The maximum atomic E-state index is 5.56. The summed E-state index contributed by atoms with van der Waals surface area (Å²) in [6.07, 6.45) is 7.90. The van der Waals surface area contributed by atoms with Crippen molar-refractivity contribution in [2.24, 2.45) is 5.92 Å². The Morgan fingerprint density at radius 1 is 1.37 bits per heavy atom. The largest absolute Gasteiger partial charge is 0.454 e. The minimum Gasteiger partial charge on any atom is -0.454 e. The molecule has 0 aromatic heterocycles. The maximum Gasteiger partial charge on any atom is 0.231 e. The number of ether oxygens (including phenoxy) is 2. The average Bonchev–Trinajstić information content (AvgIpc) is 2.94. The van der Waals surface area contributed by atoms with Crippen molar-refractivity contribution >= 4 is 0 Å². The van der Waals surface area contributed by atoms with Crippen LogP contribution in [0.25, 0.3) is 0 Å². The first kappa shape index (κ1) is 12.4. The molecule has 2 aliphatic rings. The van der Waals surface area contributed by atoms with Crippen molar-refractivity contribution in [3.63, 3.8) is 0 Å². The van der Waals surface area contributed by atoms with Crippen LogP contribution in [-0.2, 0) is 0 Å². The number of hydrogen-bond donors (Lipinski definition) is 0. The first-order valence-electron chi connectivity index (χ1n) is 6.87. The highest BCUT2D eigenvalue weighted by Crippen LogP contribution is 2.36. The van der Waals surface area contributed by atoms with E-state index < -0.39 is 0 Å². The van der Waals surface area contributed by atoms with Crippen LogP contribution in [0.3, 0.4) is 0 Å². The van der Waals surface area contributed by atoms with Crippen LogP contribution in [0.2, 0.25) is 0 Å². The van der Waals surface area contributed by atoms with Gasteiger partial charge in [-0.3, -0.25) is 4.90 Å². The molecule has 2 heterocycles. The highest BCUT2D eigenvalue weighted by atomic mass is 16.7. The molecular weight excluding hydrogens is 238 g/mol. The molecule has 3 rings (SSSR count). The molecule has 2 unspecified atom stereocenters. The molecule has 0 spiro atoms. The minimum atomic E-state index is 0.329. The molecule has 2 atom stereocenters. The van der Waals surface area contributed by atoms with Crippen molar-refractivity contribution in [2.75, 3.05) is 19.9 Å². The Morgan fingerprint density at radius 2 is 2.21 bits per heavy atom. The third-order valence-corrected chi connectivity index (χ3v) is 4.12. The van der Waals surface area contributed by atoms with Gasteiger partial charge in [0.15, 0.2) is 11.5 Å². The van der Waals surface area contributed by atoms with E-state index in [0.717, 1.165) is 31.0 Å². The highest BCUT2D eigenvalue weighted by molar-refractivity contribution is 5.45. The number of rotatable bonds is 2. The van der Waals surface area contributed by atoms with Gasteiger partial charge in [0, 0.05) is 18.5 Å². The molecule has 0 bridgehead atoms. The Morgan fingerprint density at radius 3 is 3.05 bits per heavy atom. The van der Waals surface area contributed by atoms with E-state index in [1.165, 1.54) is 12.0 Å². The Kier molecular flexibility index (Phi) is 3.35. The van der Waals surface area contributed by atoms with Gasteiger partial charge in [-0.1, -0.05) is 6.07 Å². The zero-order chi connectivity index (χ0) is 13.2. The smallest absolute Gasteiger partial charge is 0.231 e. The molecule has 0 aliphatic carbocycles. The van der Waals surface area contributed by atoms with Gasteiger partial charge in [-0.25, -0.2) is 0 Å². The Bertz CT molecular complexity index is 506. The Hall–Kier alpha value is -1.66. The predicted octanol–water partition coefficient (Wildman–Crippen LogP) is 2.82. The molecule has 19 heavy (non-hydrogen) atoms. The molecule has 0 amide bonds. The summed E-state index contributed by atoms with van der Waals surface area (Å²) in [5, 5.41) is 0. The van der Waals surface area contributed by atoms with Gasteiger partial charge in [0.1, 0.15) is 0 Å². The lowest BCUT2D eigenvalue weighted by molar-refractivity contribution is 0.152. The van der Waals surface area contributed by atoms with Crippen LogP contribution in [0.5, 0.6) is 11.5 Å². The van der Waals surface area contributed by atoms with E-state index in [4.69, 9.17) is 15.9 Å². The van der Waals surface area contributed by atoms with Crippen molar-refractivity contribution in [3.05, 3.63) is 23.8 Å². The van der Waals surface area contributed by atoms with Crippen molar-refractivity contribution in [1.82, 2.24) is 4.90 Å². The summed E-state index contributed by atoms with van der Waals surface area (Å²) < 4.78 is 10.8. The summed E-state index contributed by atoms with van der Waals surface area (Å²) in [5.41, 5.74) is 1.27. The molecular formula is C16H19NO2. The van der Waals surface area contributed by atoms with Gasteiger partial charge in [0.2, 0.25) is 6.79 Å². The van der Waals surface area contributed by atoms with Crippen molar-refractivity contribution in [2.45, 2.75) is 25.8 Å². The van der Waals surface area contributed by atoms with Gasteiger partial charge in [0.25, 0.3) is 0 Å². The van der Waals surface area contributed by atoms with E-state index in [1.54, 1.807) is 0 Å². The zero-order valence-electron chi connectivity index (χ0n) is 11.3. The lowest BCUT2D eigenvalue weighted by atomic mass is 9.96. The third-order valence-electron chi connectivity index (χ3n) is 4.12.